The van der Waals surface area contributed by atoms with E-state index in [1.54, 1.807) is 0 Å². The highest BCUT2D eigenvalue weighted by molar-refractivity contribution is 5.58. The van der Waals surface area contributed by atoms with Crippen molar-refractivity contribution in [3.63, 3.8) is 0 Å². The van der Waals surface area contributed by atoms with E-state index in [9.17, 15) is 4.79 Å². The lowest BCUT2D eigenvalue weighted by Gasteiger charge is -2.22. The van der Waals surface area contributed by atoms with Gasteiger partial charge in [0.2, 0.25) is 6.29 Å². The summed E-state index contributed by atoms with van der Waals surface area (Å²) < 4.78 is 0. The quantitative estimate of drug-likeness (QED) is 0.609. The highest BCUT2D eigenvalue weighted by atomic mass is 16.1. The van der Waals surface area contributed by atoms with Gasteiger partial charge in [0.25, 0.3) is 0 Å². The van der Waals surface area contributed by atoms with Gasteiger partial charge in [0.15, 0.2) is 0 Å². The van der Waals surface area contributed by atoms with Crippen molar-refractivity contribution in [1.82, 2.24) is 0 Å². The largest absolute Gasteiger partial charge is 0.290 e. The Morgan fingerprint density at radius 3 is 2.15 bits per heavy atom. The molecule has 1 rings (SSSR count). The highest BCUT2D eigenvalue weighted by Gasteiger charge is 2.24. The maximum Gasteiger partial charge on any atom is 0.204 e. The summed E-state index contributed by atoms with van der Waals surface area (Å²) in [6.07, 6.45) is 11.3. The molecule has 0 aromatic heterocycles. The normalized spacial score (nSPS) is 21.1. The molecule has 0 unspecified atom stereocenters. The lowest BCUT2D eigenvalue weighted by Crippen LogP contribution is -2.18. The fourth-order valence-corrected chi connectivity index (χ4v) is 2.33. The second kappa shape index (κ2) is 4.78. The van der Waals surface area contributed by atoms with E-state index in [4.69, 9.17) is 0 Å². The van der Waals surface area contributed by atoms with E-state index in [0.29, 0.717) is 0 Å². The van der Waals surface area contributed by atoms with Crippen molar-refractivity contribution in [2.45, 2.75) is 58.8 Å². The lowest BCUT2D eigenvalue weighted by molar-refractivity contribution is 0.313. The molecule has 0 heterocycles. The Bertz CT molecular complexity index is 153. The molecule has 0 bridgehead atoms. The molecule has 0 amide bonds. The molecule has 0 atom stereocenters. The van der Waals surface area contributed by atoms with E-state index in [-0.39, 0.29) is 5.41 Å². The van der Waals surface area contributed by atoms with Gasteiger partial charge in [-0.15, -0.1) is 0 Å². The maximum absolute atomic E-state index is 10.7. The van der Waals surface area contributed by atoms with Crippen molar-refractivity contribution in [3.05, 3.63) is 0 Å². The van der Waals surface area contributed by atoms with Gasteiger partial charge < -0.3 is 0 Å². The molecule has 1 aliphatic carbocycles. The van der Waals surface area contributed by atoms with Crippen molar-refractivity contribution >= 4 is 6.29 Å². The maximum atomic E-state index is 10.7. The van der Waals surface area contributed by atoms with Crippen molar-refractivity contribution in [3.8, 4) is 0 Å². The topological polar surface area (TPSA) is 17.1 Å². The summed E-state index contributed by atoms with van der Waals surface area (Å²) in [7, 11) is 0. The van der Waals surface area contributed by atoms with Crippen LogP contribution in [0.3, 0.4) is 0 Å². The first kappa shape index (κ1) is 10.7. The van der Waals surface area contributed by atoms with Gasteiger partial charge in [0.05, 0.1) is 0 Å². The highest BCUT2D eigenvalue weighted by Crippen LogP contribution is 2.32. The molecule has 0 N–H and O–H groups in total. The molecule has 1 saturated carbocycles. The van der Waals surface area contributed by atoms with Crippen LogP contribution in [0, 0.1) is 11.3 Å². The zero-order valence-electron chi connectivity index (χ0n) is 8.94. The van der Waals surface area contributed by atoms with E-state index in [1.807, 2.05) is 13.8 Å². The monoisotopic (exact) mass is 181 g/mol. The fourth-order valence-electron chi connectivity index (χ4n) is 2.33. The average Bonchev–Trinajstić information content (AvgIpc) is 2.32. The predicted molar refractivity (Wildman–Crippen MR) is 55.3 cm³/mol. The summed E-state index contributed by atoms with van der Waals surface area (Å²) in [5, 5.41) is 0. The van der Waals surface area contributed by atoms with Gasteiger partial charge >= 0.3 is 0 Å². The summed E-state index contributed by atoms with van der Waals surface area (Å²) in [5.41, 5.74) is -0.213. The predicted octanol–water partition coefficient (Wildman–Crippen LogP) is 3.48. The smallest absolute Gasteiger partial charge is 0.204 e. The van der Waals surface area contributed by atoms with Crippen LogP contribution in [0.4, 0.5) is 0 Å². The lowest BCUT2D eigenvalue weighted by atomic mass is 9.81. The van der Waals surface area contributed by atoms with Crippen molar-refractivity contribution in [2.24, 2.45) is 11.3 Å². The van der Waals surface area contributed by atoms with Gasteiger partial charge in [0.1, 0.15) is 0 Å². The van der Waals surface area contributed by atoms with Crippen LogP contribution in [-0.2, 0) is 4.79 Å². The molecule has 0 aliphatic heterocycles. The molecule has 0 spiro atoms. The van der Waals surface area contributed by atoms with Crippen LogP contribution in [0.5, 0.6) is 0 Å². The van der Waals surface area contributed by atoms with Gasteiger partial charge in [-0.1, -0.05) is 52.4 Å². The molecular weight excluding hydrogens is 160 g/mol. The van der Waals surface area contributed by atoms with Gasteiger partial charge in [-0.3, -0.25) is 4.79 Å². The molecule has 1 nitrogen and oxygen atoms in total. The zero-order valence-corrected chi connectivity index (χ0v) is 8.94. The Balaban J connectivity index is 2.37. The number of rotatable bonds is 3. The summed E-state index contributed by atoms with van der Waals surface area (Å²) in [4.78, 5) is 10.7. The van der Waals surface area contributed by atoms with Crippen LogP contribution in [-0.4, -0.2) is 6.29 Å². The van der Waals surface area contributed by atoms with Crippen molar-refractivity contribution in [2.75, 3.05) is 0 Å². The van der Waals surface area contributed by atoms with E-state index >= 15 is 0 Å². The third-order valence-corrected chi connectivity index (χ3v) is 3.05. The van der Waals surface area contributed by atoms with Gasteiger partial charge in [-0.05, 0) is 12.3 Å². The van der Waals surface area contributed by atoms with Crippen LogP contribution >= 0.6 is 0 Å². The molecule has 1 radical (unpaired) electrons. The molecule has 0 saturated heterocycles. The Morgan fingerprint density at radius 2 is 1.69 bits per heavy atom. The molecule has 1 fully saturated rings. The van der Waals surface area contributed by atoms with E-state index in [2.05, 4.69) is 6.29 Å². The molecule has 0 aromatic carbocycles. The molecule has 75 valence electrons. The standard InChI is InChI=1S/C12H21O/c1-12(2,10-13)9-11-7-5-3-4-6-8-11/h11H,3-9H2,1-2H3. The summed E-state index contributed by atoms with van der Waals surface area (Å²) in [6, 6.07) is 0. The van der Waals surface area contributed by atoms with E-state index in [0.717, 1.165) is 12.3 Å². The third-order valence-electron chi connectivity index (χ3n) is 3.05. The van der Waals surface area contributed by atoms with Crippen LogP contribution in [0.1, 0.15) is 58.8 Å². The molecule has 13 heavy (non-hydrogen) atoms. The SMILES string of the molecule is CC(C)([C]=O)CC1CCCCCC1. The molecular formula is C12H21O. The van der Waals surface area contributed by atoms with Crippen LogP contribution in [0.25, 0.3) is 0 Å². The van der Waals surface area contributed by atoms with Gasteiger partial charge in [0, 0.05) is 5.41 Å². The first-order valence-corrected chi connectivity index (χ1v) is 5.53. The van der Waals surface area contributed by atoms with Gasteiger partial charge in [-0.25, -0.2) is 0 Å². The summed E-state index contributed by atoms with van der Waals surface area (Å²) in [6.45, 7) is 4.01. The number of carbonyl (C=O) groups excluding carboxylic acids is 1. The Labute approximate surface area is 81.9 Å². The van der Waals surface area contributed by atoms with Crippen LogP contribution < -0.4 is 0 Å². The van der Waals surface area contributed by atoms with Crippen molar-refractivity contribution in [1.29, 1.82) is 0 Å². The van der Waals surface area contributed by atoms with Gasteiger partial charge in [-0.2, -0.15) is 0 Å². The first-order valence-electron chi connectivity index (χ1n) is 5.53. The summed E-state index contributed by atoms with van der Waals surface area (Å²) >= 11 is 0. The summed E-state index contributed by atoms with van der Waals surface area (Å²) in [5.74, 6) is 0.777. The van der Waals surface area contributed by atoms with Crippen LogP contribution in [0.2, 0.25) is 0 Å². The minimum absolute atomic E-state index is 0.213. The first-order chi connectivity index (χ1) is 6.14. The Hall–Kier alpha value is -0.330. The third kappa shape index (κ3) is 3.93. The Morgan fingerprint density at radius 1 is 1.15 bits per heavy atom. The minimum atomic E-state index is -0.213. The van der Waals surface area contributed by atoms with E-state index in [1.165, 1.54) is 38.5 Å². The molecule has 1 aliphatic rings. The Kier molecular flexibility index (Phi) is 3.95. The van der Waals surface area contributed by atoms with E-state index < -0.39 is 0 Å². The number of hydrogen-bond acceptors (Lipinski definition) is 1. The zero-order chi connectivity index (χ0) is 9.73. The van der Waals surface area contributed by atoms with Crippen LogP contribution in [0.15, 0.2) is 0 Å². The second-order valence-corrected chi connectivity index (χ2v) is 5.05. The fraction of sp³-hybridized carbons (Fsp3) is 0.917. The average molecular weight is 181 g/mol. The molecule has 0 aromatic rings. The number of hydrogen-bond donors (Lipinski definition) is 0. The second-order valence-electron chi connectivity index (χ2n) is 5.05. The van der Waals surface area contributed by atoms with Crippen molar-refractivity contribution < 1.29 is 4.79 Å². The minimum Gasteiger partial charge on any atom is -0.290 e. The molecule has 1 heteroatoms.